The van der Waals surface area contributed by atoms with Gasteiger partial charge in [-0.25, -0.2) is 9.59 Å². The molecule has 0 aliphatic rings. The number of rotatable bonds is 4. The van der Waals surface area contributed by atoms with Crippen LogP contribution in [0.4, 0.5) is 4.79 Å². The molecule has 0 bridgehead atoms. The summed E-state index contributed by atoms with van der Waals surface area (Å²) >= 11 is 0. The fraction of sp³-hybridized carbons (Fsp3) is 0.692. The van der Waals surface area contributed by atoms with E-state index in [9.17, 15) is 9.59 Å². The van der Waals surface area contributed by atoms with Gasteiger partial charge in [-0.15, -0.1) is 0 Å². The monoisotopic (exact) mass is 257 g/mol. The molecule has 1 atom stereocenters. The van der Waals surface area contributed by atoms with E-state index in [1.54, 1.807) is 26.8 Å². The largest absolute Gasteiger partial charge is 0.466 e. The van der Waals surface area contributed by atoms with E-state index in [0.29, 0.717) is 0 Å². The maximum absolute atomic E-state index is 11.6. The summed E-state index contributed by atoms with van der Waals surface area (Å²) in [4.78, 5) is 22.6. The third kappa shape index (κ3) is 7.70. The maximum atomic E-state index is 11.6. The minimum atomic E-state index is -0.544. The first kappa shape index (κ1) is 16.5. The molecule has 5 nitrogen and oxygen atoms in total. The van der Waals surface area contributed by atoms with Crippen molar-refractivity contribution in [1.82, 2.24) is 5.32 Å². The molecule has 0 aromatic rings. The van der Waals surface area contributed by atoms with Crippen LogP contribution in [-0.2, 0) is 14.3 Å². The number of nitrogens with one attached hydrogen (secondary N) is 1. The molecule has 0 radical (unpaired) electrons. The van der Waals surface area contributed by atoms with Gasteiger partial charge in [-0.2, -0.15) is 0 Å². The molecule has 0 aromatic carbocycles. The lowest BCUT2D eigenvalue weighted by Gasteiger charge is -2.23. The average Bonchev–Trinajstić information content (AvgIpc) is 2.20. The molecule has 0 aliphatic heterocycles. The van der Waals surface area contributed by atoms with E-state index in [0.717, 1.165) is 0 Å². The predicted octanol–water partition coefficient (Wildman–Crippen LogP) is 2.26. The van der Waals surface area contributed by atoms with Gasteiger partial charge in [0, 0.05) is 6.08 Å². The minimum Gasteiger partial charge on any atom is -0.466 e. The van der Waals surface area contributed by atoms with E-state index < -0.39 is 17.7 Å². The summed E-state index contributed by atoms with van der Waals surface area (Å²) in [6.07, 6.45) is 2.39. The maximum Gasteiger partial charge on any atom is 0.408 e. The number of methoxy groups -OCH3 is 1. The van der Waals surface area contributed by atoms with Gasteiger partial charge >= 0.3 is 12.1 Å². The second kappa shape index (κ2) is 7.03. The highest BCUT2D eigenvalue weighted by molar-refractivity contribution is 5.82. The molecule has 0 unspecified atom stereocenters. The molecule has 0 aromatic heterocycles. The lowest BCUT2D eigenvalue weighted by molar-refractivity contribution is -0.134. The third-order valence-corrected chi connectivity index (χ3v) is 2.04. The number of alkyl carbamates (subject to hydrolysis) is 1. The average molecular weight is 257 g/mol. The van der Waals surface area contributed by atoms with Crippen molar-refractivity contribution < 1.29 is 19.1 Å². The fourth-order valence-corrected chi connectivity index (χ4v) is 1.13. The van der Waals surface area contributed by atoms with E-state index in [4.69, 9.17) is 4.74 Å². The Morgan fingerprint density at radius 2 is 1.78 bits per heavy atom. The highest BCUT2D eigenvalue weighted by Gasteiger charge is 2.19. The standard InChI is InChI=1S/C13H23NO4/c1-9(2)10(7-8-11(15)17-6)14-12(16)18-13(3,4)5/h7-10H,1-6H3,(H,14,16)/b8-7-/t10-/m1/s1. The summed E-state index contributed by atoms with van der Waals surface area (Å²) in [7, 11) is 1.30. The lowest BCUT2D eigenvalue weighted by atomic mass is 10.0. The Balaban J connectivity index is 4.50. The normalized spacial score (nSPS) is 13.5. The van der Waals surface area contributed by atoms with Crippen LogP contribution in [0.3, 0.4) is 0 Å². The predicted molar refractivity (Wildman–Crippen MR) is 69.2 cm³/mol. The number of carbonyl (C=O) groups is 2. The van der Waals surface area contributed by atoms with Crippen LogP contribution in [0.2, 0.25) is 0 Å². The zero-order valence-electron chi connectivity index (χ0n) is 11.9. The Kier molecular flexibility index (Phi) is 6.44. The van der Waals surface area contributed by atoms with Crippen LogP contribution >= 0.6 is 0 Å². The van der Waals surface area contributed by atoms with E-state index in [2.05, 4.69) is 10.1 Å². The number of esters is 1. The molecule has 0 heterocycles. The van der Waals surface area contributed by atoms with Gasteiger partial charge in [0.15, 0.2) is 0 Å². The highest BCUT2D eigenvalue weighted by atomic mass is 16.6. The molecule has 0 aliphatic carbocycles. The molecule has 0 saturated carbocycles. The topological polar surface area (TPSA) is 64.6 Å². The van der Waals surface area contributed by atoms with Gasteiger partial charge in [0.2, 0.25) is 0 Å². The quantitative estimate of drug-likeness (QED) is 0.620. The fourth-order valence-electron chi connectivity index (χ4n) is 1.13. The molecule has 104 valence electrons. The van der Waals surface area contributed by atoms with Gasteiger partial charge in [-0.3, -0.25) is 0 Å². The van der Waals surface area contributed by atoms with Crippen molar-refractivity contribution in [2.45, 2.75) is 46.3 Å². The molecule has 1 amide bonds. The Morgan fingerprint density at radius 3 is 2.17 bits per heavy atom. The zero-order valence-corrected chi connectivity index (χ0v) is 11.9. The molecule has 0 fully saturated rings. The van der Waals surface area contributed by atoms with E-state index in [1.807, 2.05) is 13.8 Å². The Bertz CT molecular complexity index is 315. The number of carbonyl (C=O) groups excluding carboxylic acids is 2. The summed E-state index contributed by atoms with van der Waals surface area (Å²) in [5.74, 6) is -0.315. The SMILES string of the molecule is COC(=O)/C=C\[C@@H](NC(=O)OC(C)(C)C)C(C)C. The van der Waals surface area contributed by atoms with E-state index >= 15 is 0 Å². The van der Waals surface area contributed by atoms with Crippen LogP contribution in [-0.4, -0.2) is 30.8 Å². The molecular weight excluding hydrogens is 234 g/mol. The highest BCUT2D eigenvalue weighted by Crippen LogP contribution is 2.09. The smallest absolute Gasteiger partial charge is 0.408 e. The Hall–Kier alpha value is -1.52. The van der Waals surface area contributed by atoms with Gasteiger partial charge in [-0.05, 0) is 26.7 Å². The Labute approximate surface area is 109 Å². The second-order valence-electron chi connectivity index (χ2n) is 5.30. The summed E-state index contributed by atoms with van der Waals surface area (Å²) in [5, 5.41) is 2.70. The summed E-state index contributed by atoms with van der Waals surface area (Å²) in [6.45, 7) is 9.25. The minimum absolute atomic E-state index is 0.137. The van der Waals surface area contributed by atoms with Crippen LogP contribution in [0.15, 0.2) is 12.2 Å². The third-order valence-electron chi connectivity index (χ3n) is 2.04. The van der Waals surface area contributed by atoms with Crippen molar-refractivity contribution in [3.8, 4) is 0 Å². The first-order valence-electron chi connectivity index (χ1n) is 5.91. The molecule has 1 N–H and O–H groups in total. The summed E-state index contributed by atoms with van der Waals surface area (Å²) in [5.41, 5.74) is -0.544. The van der Waals surface area contributed by atoms with Gasteiger partial charge in [0.1, 0.15) is 5.60 Å². The van der Waals surface area contributed by atoms with Crippen LogP contribution in [0.1, 0.15) is 34.6 Å². The van der Waals surface area contributed by atoms with Crippen LogP contribution in [0.5, 0.6) is 0 Å². The van der Waals surface area contributed by atoms with Crippen LogP contribution < -0.4 is 5.32 Å². The summed E-state index contributed by atoms with van der Waals surface area (Å²) < 4.78 is 9.65. The van der Waals surface area contributed by atoms with Crippen LogP contribution in [0.25, 0.3) is 0 Å². The molecule has 0 rings (SSSR count). The first-order chi connectivity index (χ1) is 8.15. The lowest BCUT2D eigenvalue weighted by Crippen LogP contribution is -2.40. The van der Waals surface area contributed by atoms with E-state index in [-0.39, 0.29) is 12.0 Å². The van der Waals surface area contributed by atoms with Crippen molar-refractivity contribution >= 4 is 12.1 Å². The molecule has 0 spiro atoms. The van der Waals surface area contributed by atoms with Crippen molar-refractivity contribution in [2.24, 2.45) is 5.92 Å². The van der Waals surface area contributed by atoms with Gasteiger partial charge < -0.3 is 14.8 Å². The molecule has 18 heavy (non-hydrogen) atoms. The van der Waals surface area contributed by atoms with Gasteiger partial charge in [-0.1, -0.05) is 19.9 Å². The van der Waals surface area contributed by atoms with Crippen molar-refractivity contribution in [3.05, 3.63) is 12.2 Å². The molecule has 5 heteroatoms. The zero-order chi connectivity index (χ0) is 14.3. The van der Waals surface area contributed by atoms with Crippen molar-refractivity contribution in [2.75, 3.05) is 7.11 Å². The number of hydrogen-bond acceptors (Lipinski definition) is 4. The molecule has 0 saturated heterocycles. The number of hydrogen-bond donors (Lipinski definition) is 1. The summed E-state index contributed by atoms with van der Waals surface area (Å²) in [6, 6.07) is -0.279. The first-order valence-corrected chi connectivity index (χ1v) is 5.91. The van der Waals surface area contributed by atoms with Crippen LogP contribution in [0, 0.1) is 5.92 Å². The van der Waals surface area contributed by atoms with Gasteiger partial charge in [0.05, 0.1) is 13.2 Å². The van der Waals surface area contributed by atoms with Gasteiger partial charge in [0.25, 0.3) is 0 Å². The van der Waals surface area contributed by atoms with Crippen molar-refractivity contribution in [1.29, 1.82) is 0 Å². The number of ether oxygens (including phenoxy) is 2. The van der Waals surface area contributed by atoms with Crippen molar-refractivity contribution in [3.63, 3.8) is 0 Å². The second-order valence-corrected chi connectivity index (χ2v) is 5.30. The Morgan fingerprint density at radius 1 is 1.22 bits per heavy atom. The molecular formula is C13H23NO4. The van der Waals surface area contributed by atoms with E-state index in [1.165, 1.54) is 13.2 Å². The number of amides is 1.